The molecule has 11 heteroatoms. The fourth-order valence-electron chi connectivity index (χ4n) is 8.40. The molecule has 0 unspecified atom stereocenters. The highest BCUT2D eigenvalue weighted by Crippen LogP contribution is 2.61. The number of hydrogen-bond acceptors (Lipinski definition) is 5. The minimum Gasteiger partial charge on any atom is -0.275 e. The molecule has 0 aromatic carbocycles. The zero-order valence-electron chi connectivity index (χ0n) is 22.4. The van der Waals surface area contributed by atoms with Gasteiger partial charge in [-0.3, -0.25) is 9.48 Å². The lowest BCUT2D eigenvalue weighted by atomic mass is 9.48. The van der Waals surface area contributed by atoms with Crippen molar-refractivity contribution in [2.24, 2.45) is 24.8 Å². The van der Waals surface area contributed by atoms with Gasteiger partial charge in [-0.05, 0) is 88.5 Å². The smallest absolute Gasteiger partial charge is 0.275 e. The highest BCUT2D eigenvalue weighted by atomic mass is 19.4. The predicted octanol–water partition coefficient (Wildman–Crippen LogP) is 5.43. The first kappa shape index (κ1) is 24.5. The van der Waals surface area contributed by atoms with E-state index in [2.05, 4.69) is 20.3 Å². The van der Waals surface area contributed by atoms with Crippen molar-refractivity contribution in [2.75, 3.05) is 0 Å². The van der Waals surface area contributed by atoms with Gasteiger partial charge in [-0.1, -0.05) is 0 Å². The van der Waals surface area contributed by atoms with Crippen molar-refractivity contribution in [1.29, 1.82) is 0 Å². The molecule has 4 aliphatic carbocycles. The molecule has 0 aliphatic heterocycles. The van der Waals surface area contributed by atoms with Crippen LogP contribution in [0.1, 0.15) is 77.4 Å². The van der Waals surface area contributed by atoms with E-state index >= 15 is 0 Å². The van der Waals surface area contributed by atoms with E-state index in [1.54, 1.807) is 20.2 Å². The molecule has 4 aromatic rings. The molecular formula is C28H30F3N7O. The van der Waals surface area contributed by atoms with E-state index in [0.29, 0.717) is 15.8 Å². The van der Waals surface area contributed by atoms with Crippen LogP contribution in [0.25, 0.3) is 16.9 Å². The lowest BCUT2D eigenvalue weighted by Gasteiger charge is -2.57. The molecule has 4 fully saturated rings. The van der Waals surface area contributed by atoms with Crippen molar-refractivity contribution in [3.63, 3.8) is 0 Å². The van der Waals surface area contributed by atoms with Crippen molar-refractivity contribution in [3.8, 4) is 11.3 Å². The molecule has 0 N–H and O–H groups in total. The van der Waals surface area contributed by atoms with E-state index in [4.69, 9.17) is 0 Å². The monoisotopic (exact) mass is 537 g/mol. The van der Waals surface area contributed by atoms with Gasteiger partial charge in [0.1, 0.15) is 0 Å². The summed E-state index contributed by atoms with van der Waals surface area (Å²) in [5.41, 5.74) is 2.76. The molecule has 8 rings (SSSR count). The minimum absolute atomic E-state index is 0.0435. The van der Waals surface area contributed by atoms with Gasteiger partial charge in [-0.15, -0.1) is 0 Å². The van der Waals surface area contributed by atoms with Crippen LogP contribution < -0.4 is 0 Å². The van der Waals surface area contributed by atoms with Crippen LogP contribution in [0.3, 0.4) is 0 Å². The van der Waals surface area contributed by atoms with Gasteiger partial charge >= 0.3 is 6.18 Å². The first-order chi connectivity index (χ1) is 18.4. The number of carbonyl (C=O) groups is 1. The number of hydrogen-bond donors (Lipinski definition) is 0. The van der Waals surface area contributed by atoms with E-state index in [-0.39, 0.29) is 22.5 Å². The van der Waals surface area contributed by atoms with Crippen molar-refractivity contribution in [2.45, 2.75) is 70.9 Å². The molecule has 39 heavy (non-hydrogen) atoms. The second-order valence-electron chi connectivity index (χ2n) is 12.1. The van der Waals surface area contributed by atoms with Crippen LogP contribution in [-0.2, 0) is 18.6 Å². The predicted molar refractivity (Wildman–Crippen MR) is 136 cm³/mol. The fraction of sp³-hybridized carbons (Fsp3) is 0.536. The van der Waals surface area contributed by atoms with E-state index in [0.717, 1.165) is 60.0 Å². The number of halogens is 3. The Labute approximate surface area is 223 Å². The number of aryl methyl sites for hydroxylation is 3. The van der Waals surface area contributed by atoms with Crippen LogP contribution in [0, 0.1) is 38.5 Å². The van der Waals surface area contributed by atoms with Crippen LogP contribution in [0.4, 0.5) is 13.2 Å². The summed E-state index contributed by atoms with van der Waals surface area (Å²) >= 11 is 0. The maximum atomic E-state index is 14.1. The topological polar surface area (TPSA) is 82.9 Å². The highest BCUT2D eigenvalue weighted by Gasteiger charge is 2.53. The van der Waals surface area contributed by atoms with Gasteiger partial charge < -0.3 is 0 Å². The third-order valence-corrected chi connectivity index (χ3v) is 9.28. The second kappa shape index (κ2) is 8.02. The molecule has 4 bridgehead atoms. The summed E-state index contributed by atoms with van der Waals surface area (Å²) in [7, 11) is 1.70. The Kier molecular flexibility index (Phi) is 5.04. The van der Waals surface area contributed by atoms with Crippen LogP contribution in [0.5, 0.6) is 0 Å². The first-order valence-electron chi connectivity index (χ1n) is 13.5. The molecule has 4 aromatic heterocycles. The Morgan fingerprint density at radius 3 is 2.15 bits per heavy atom. The van der Waals surface area contributed by atoms with E-state index in [1.165, 1.54) is 34.7 Å². The van der Waals surface area contributed by atoms with Crippen molar-refractivity contribution >= 4 is 11.6 Å². The van der Waals surface area contributed by atoms with Crippen LogP contribution in [0.15, 0.2) is 18.3 Å². The maximum absolute atomic E-state index is 14.1. The fourth-order valence-corrected chi connectivity index (χ4v) is 8.40. The average molecular weight is 538 g/mol. The second-order valence-corrected chi connectivity index (χ2v) is 12.1. The van der Waals surface area contributed by atoms with Crippen LogP contribution in [-0.4, -0.2) is 40.1 Å². The number of rotatable bonds is 3. The highest BCUT2D eigenvalue weighted by molar-refractivity contribution is 5.95. The largest absolute Gasteiger partial charge is 0.433 e. The van der Waals surface area contributed by atoms with Gasteiger partial charge in [0.2, 0.25) is 0 Å². The number of alkyl halides is 3. The molecule has 204 valence electrons. The first-order valence-corrected chi connectivity index (χ1v) is 13.5. The molecule has 0 atom stereocenters. The minimum atomic E-state index is -4.71. The van der Waals surface area contributed by atoms with Gasteiger partial charge in [0.15, 0.2) is 17.0 Å². The van der Waals surface area contributed by atoms with Gasteiger partial charge in [0.25, 0.3) is 5.91 Å². The van der Waals surface area contributed by atoms with E-state index in [9.17, 15) is 18.0 Å². The molecule has 0 spiro atoms. The molecule has 4 aliphatic rings. The Hall–Kier alpha value is -3.50. The molecular weight excluding hydrogens is 507 g/mol. The molecule has 4 saturated carbocycles. The van der Waals surface area contributed by atoms with Gasteiger partial charge in [0, 0.05) is 36.1 Å². The average Bonchev–Trinajstić information content (AvgIpc) is 3.50. The SMILES string of the molecule is Cc1nn(C)cc1-c1cc(C(F)(F)F)n2nc(C(=O)n3nc(C)c(C45CC6CC(CC(C6)C4)C5)c3C)cc2n1. The molecule has 0 saturated heterocycles. The van der Waals surface area contributed by atoms with E-state index < -0.39 is 17.8 Å². The third-order valence-electron chi connectivity index (χ3n) is 9.28. The Morgan fingerprint density at radius 2 is 1.59 bits per heavy atom. The number of nitrogens with zero attached hydrogens (tertiary/aromatic N) is 7. The van der Waals surface area contributed by atoms with Crippen LogP contribution in [0.2, 0.25) is 0 Å². The quantitative estimate of drug-likeness (QED) is 0.348. The van der Waals surface area contributed by atoms with Crippen molar-refractivity contribution in [3.05, 3.63) is 52.4 Å². The van der Waals surface area contributed by atoms with E-state index in [1.807, 2.05) is 13.8 Å². The molecule has 0 radical (unpaired) electrons. The summed E-state index contributed by atoms with van der Waals surface area (Å²) in [6.07, 6.45) is 4.22. The van der Waals surface area contributed by atoms with Gasteiger partial charge in [-0.2, -0.15) is 33.1 Å². The lowest BCUT2D eigenvalue weighted by Crippen LogP contribution is -2.49. The number of carbonyl (C=O) groups excluding carboxylic acids is 1. The Balaban J connectivity index is 1.31. The summed E-state index contributed by atoms with van der Waals surface area (Å²) in [5.74, 6) is 1.65. The Morgan fingerprint density at radius 1 is 0.949 bits per heavy atom. The summed E-state index contributed by atoms with van der Waals surface area (Å²) < 4.78 is 45.9. The number of fused-ring (bicyclic) bond motifs is 1. The normalized spacial score (nSPS) is 26.2. The Bertz CT molecular complexity index is 1620. The molecule has 8 nitrogen and oxygen atoms in total. The summed E-state index contributed by atoms with van der Waals surface area (Å²) in [6.45, 7) is 5.56. The summed E-state index contributed by atoms with van der Waals surface area (Å²) in [6, 6.07) is 2.26. The summed E-state index contributed by atoms with van der Waals surface area (Å²) in [4.78, 5) is 18.1. The lowest BCUT2D eigenvalue weighted by molar-refractivity contribution is -0.142. The standard InChI is InChI=1S/C28H30F3N7O/c1-14-20(13-36(4)33-14)21-8-23(28(29,30)31)38-24(32-21)9-22(35-38)26(39)37-16(3)25(15(2)34-37)27-10-17-5-18(11-27)7-19(6-17)12-27/h8-9,13,17-19H,5-7,10-12H2,1-4H3. The zero-order chi connectivity index (χ0) is 27.4. The maximum Gasteiger partial charge on any atom is 0.433 e. The van der Waals surface area contributed by atoms with Crippen molar-refractivity contribution in [1.82, 2.24) is 34.2 Å². The van der Waals surface area contributed by atoms with Crippen LogP contribution >= 0.6 is 0 Å². The van der Waals surface area contributed by atoms with Gasteiger partial charge in [0.05, 0.1) is 17.1 Å². The summed E-state index contributed by atoms with van der Waals surface area (Å²) in [5, 5.41) is 12.9. The molecule has 4 heterocycles. The number of aromatic nitrogens is 7. The van der Waals surface area contributed by atoms with Crippen molar-refractivity contribution < 1.29 is 18.0 Å². The zero-order valence-corrected chi connectivity index (χ0v) is 22.4. The third kappa shape index (κ3) is 3.68. The van der Waals surface area contributed by atoms with Gasteiger partial charge in [-0.25, -0.2) is 9.50 Å². The molecule has 0 amide bonds.